The van der Waals surface area contributed by atoms with E-state index in [0.29, 0.717) is 17.8 Å². The summed E-state index contributed by atoms with van der Waals surface area (Å²) in [6, 6.07) is 4.39. The van der Waals surface area contributed by atoms with Crippen molar-refractivity contribution in [3.05, 3.63) is 33.9 Å². The van der Waals surface area contributed by atoms with Gasteiger partial charge in [0.15, 0.2) is 0 Å². The molecule has 1 N–H and O–H groups in total. The van der Waals surface area contributed by atoms with E-state index in [1.54, 1.807) is 13.0 Å². The Morgan fingerprint density at radius 3 is 2.55 bits per heavy atom. The van der Waals surface area contributed by atoms with E-state index in [9.17, 15) is 23.3 Å². The molecule has 0 aliphatic carbocycles. The Kier molecular flexibility index (Phi) is 5.32. The van der Waals surface area contributed by atoms with Gasteiger partial charge in [-0.3, -0.25) is 15.0 Å². The van der Waals surface area contributed by atoms with Crippen molar-refractivity contribution in [2.75, 3.05) is 25.5 Å². The molecule has 0 heterocycles. The summed E-state index contributed by atoms with van der Waals surface area (Å²) in [6.07, 6.45) is -4.29. The van der Waals surface area contributed by atoms with Gasteiger partial charge in [-0.1, -0.05) is 6.07 Å². The highest BCUT2D eigenvalue weighted by Gasteiger charge is 2.29. The second-order valence-electron chi connectivity index (χ2n) is 4.43. The number of nitro groups is 1. The van der Waals surface area contributed by atoms with Crippen molar-refractivity contribution in [2.45, 2.75) is 19.6 Å². The van der Waals surface area contributed by atoms with Crippen molar-refractivity contribution in [1.29, 1.82) is 0 Å². The number of benzene rings is 1. The van der Waals surface area contributed by atoms with Crippen molar-refractivity contribution in [3.8, 4) is 0 Å². The van der Waals surface area contributed by atoms with Crippen LogP contribution in [-0.2, 0) is 6.54 Å². The Balaban J connectivity index is 2.87. The van der Waals surface area contributed by atoms with E-state index in [-0.39, 0.29) is 12.2 Å². The molecule has 1 rings (SSSR count). The summed E-state index contributed by atoms with van der Waals surface area (Å²) in [6.45, 7) is 1.26. The van der Waals surface area contributed by atoms with Crippen LogP contribution in [0.25, 0.3) is 0 Å². The first kappa shape index (κ1) is 16.2. The highest BCUT2D eigenvalue weighted by Crippen LogP contribution is 2.26. The summed E-state index contributed by atoms with van der Waals surface area (Å²) in [5.41, 5.74) is 0.689. The molecule has 0 atom stereocenters. The first-order valence-electron chi connectivity index (χ1n) is 5.99. The standard InChI is InChI=1S/C12H16F3N3O2/c1-3-16-10-5-4-9(6-11(10)18(19)20)7-17(2)8-12(13,14)15/h4-6,16H,3,7-8H2,1-2H3. The number of hydrogen-bond acceptors (Lipinski definition) is 4. The lowest BCUT2D eigenvalue weighted by Crippen LogP contribution is -2.30. The number of anilines is 1. The van der Waals surface area contributed by atoms with Gasteiger partial charge in [0.05, 0.1) is 11.5 Å². The Hall–Kier alpha value is -1.83. The third-order valence-corrected chi connectivity index (χ3v) is 2.53. The van der Waals surface area contributed by atoms with E-state index < -0.39 is 17.6 Å². The number of nitrogens with one attached hydrogen (secondary N) is 1. The molecule has 1 aromatic rings. The molecule has 0 bridgehead atoms. The minimum Gasteiger partial charge on any atom is -0.380 e. The lowest BCUT2D eigenvalue weighted by molar-refractivity contribution is -0.384. The number of rotatable bonds is 6. The van der Waals surface area contributed by atoms with E-state index >= 15 is 0 Å². The molecule has 0 spiro atoms. The van der Waals surface area contributed by atoms with Gasteiger partial charge in [0.2, 0.25) is 0 Å². The zero-order valence-electron chi connectivity index (χ0n) is 11.2. The van der Waals surface area contributed by atoms with E-state index in [1.165, 1.54) is 19.2 Å². The summed E-state index contributed by atoms with van der Waals surface area (Å²) < 4.78 is 36.7. The molecule has 0 aliphatic rings. The summed E-state index contributed by atoms with van der Waals surface area (Å²) in [5, 5.41) is 13.8. The van der Waals surface area contributed by atoms with Gasteiger partial charge < -0.3 is 5.32 Å². The number of halogens is 3. The first-order valence-corrected chi connectivity index (χ1v) is 5.99. The monoisotopic (exact) mass is 291 g/mol. The van der Waals surface area contributed by atoms with E-state index in [1.807, 2.05) is 0 Å². The predicted molar refractivity (Wildman–Crippen MR) is 69.6 cm³/mol. The maximum Gasteiger partial charge on any atom is 0.401 e. The van der Waals surface area contributed by atoms with Crippen molar-refractivity contribution in [2.24, 2.45) is 0 Å². The Labute approximate surface area is 114 Å². The van der Waals surface area contributed by atoms with Gasteiger partial charge in [-0.05, 0) is 25.6 Å². The van der Waals surface area contributed by atoms with Gasteiger partial charge in [0.25, 0.3) is 5.69 Å². The van der Waals surface area contributed by atoms with Crippen LogP contribution in [0.1, 0.15) is 12.5 Å². The number of nitro benzene ring substituents is 1. The topological polar surface area (TPSA) is 58.4 Å². The van der Waals surface area contributed by atoms with Crippen LogP contribution in [0.4, 0.5) is 24.5 Å². The fourth-order valence-corrected chi connectivity index (χ4v) is 1.84. The van der Waals surface area contributed by atoms with Crippen molar-refractivity contribution >= 4 is 11.4 Å². The minimum atomic E-state index is -4.29. The SMILES string of the molecule is CCNc1ccc(CN(C)CC(F)(F)F)cc1[N+](=O)[O-]. The Bertz CT molecular complexity index is 478. The van der Waals surface area contributed by atoms with Crippen LogP contribution in [0.3, 0.4) is 0 Å². The maximum absolute atomic E-state index is 12.2. The number of nitrogens with zero attached hydrogens (tertiary/aromatic N) is 2. The molecule has 0 aromatic heterocycles. The Morgan fingerprint density at radius 2 is 2.05 bits per heavy atom. The smallest absolute Gasteiger partial charge is 0.380 e. The lowest BCUT2D eigenvalue weighted by Gasteiger charge is -2.18. The average Bonchev–Trinajstić information content (AvgIpc) is 2.28. The fourth-order valence-electron chi connectivity index (χ4n) is 1.84. The van der Waals surface area contributed by atoms with Crippen LogP contribution in [0.5, 0.6) is 0 Å². The molecule has 0 unspecified atom stereocenters. The minimum absolute atomic E-state index is 0.00719. The molecular formula is C12H16F3N3O2. The molecule has 1 aromatic carbocycles. The molecule has 112 valence electrons. The Morgan fingerprint density at radius 1 is 1.40 bits per heavy atom. The predicted octanol–water partition coefficient (Wildman–Crippen LogP) is 3.02. The second-order valence-corrected chi connectivity index (χ2v) is 4.43. The second kappa shape index (κ2) is 6.56. The fraction of sp³-hybridized carbons (Fsp3) is 0.500. The quantitative estimate of drug-likeness (QED) is 0.646. The van der Waals surface area contributed by atoms with Crippen LogP contribution < -0.4 is 5.32 Å². The van der Waals surface area contributed by atoms with E-state index in [2.05, 4.69) is 5.32 Å². The lowest BCUT2D eigenvalue weighted by atomic mass is 10.1. The van der Waals surface area contributed by atoms with Gasteiger partial charge in [-0.2, -0.15) is 13.2 Å². The zero-order chi connectivity index (χ0) is 15.3. The first-order chi connectivity index (χ1) is 9.23. The molecule has 8 heteroatoms. The summed E-state index contributed by atoms with van der Waals surface area (Å²) in [7, 11) is 1.32. The maximum atomic E-state index is 12.2. The third kappa shape index (κ3) is 5.04. The molecule has 20 heavy (non-hydrogen) atoms. The molecule has 0 saturated heterocycles. The van der Waals surface area contributed by atoms with Gasteiger partial charge in [-0.15, -0.1) is 0 Å². The normalized spacial score (nSPS) is 11.7. The van der Waals surface area contributed by atoms with Crippen molar-refractivity contribution in [3.63, 3.8) is 0 Å². The summed E-state index contributed by atoms with van der Waals surface area (Å²) in [5.74, 6) is 0. The molecule has 0 amide bonds. The molecule has 0 fully saturated rings. The van der Waals surface area contributed by atoms with Gasteiger partial charge in [-0.25, -0.2) is 0 Å². The van der Waals surface area contributed by atoms with Crippen molar-refractivity contribution < 1.29 is 18.1 Å². The molecule has 0 aliphatic heterocycles. The molecule has 0 saturated carbocycles. The van der Waals surface area contributed by atoms with E-state index in [4.69, 9.17) is 0 Å². The number of alkyl halides is 3. The summed E-state index contributed by atoms with van der Waals surface area (Å²) >= 11 is 0. The van der Waals surface area contributed by atoms with E-state index in [0.717, 1.165) is 4.90 Å². The average molecular weight is 291 g/mol. The third-order valence-electron chi connectivity index (χ3n) is 2.53. The largest absolute Gasteiger partial charge is 0.401 e. The number of hydrogen-bond donors (Lipinski definition) is 1. The van der Waals surface area contributed by atoms with Gasteiger partial charge in [0.1, 0.15) is 5.69 Å². The van der Waals surface area contributed by atoms with Crippen LogP contribution in [0.2, 0.25) is 0 Å². The summed E-state index contributed by atoms with van der Waals surface area (Å²) in [4.78, 5) is 11.4. The molecule has 0 radical (unpaired) electrons. The highest BCUT2D eigenvalue weighted by atomic mass is 19.4. The van der Waals surface area contributed by atoms with Crippen LogP contribution in [0.15, 0.2) is 18.2 Å². The van der Waals surface area contributed by atoms with Crippen LogP contribution in [0, 0.1) is 10.1 Å². The van der Waals surface area contributed by atoms with Crippen molar-refractivity contribution in [1.82, 2.24) is 4.90 Å². The van der Waals surface area contributed by atoms with Crippen LogP contribution in [-0.4, -0.2) is 36.1 Å². The van der Waals surface area contributed by atoms with Gasteiger partial charge >= 0.3 is 6.18 Å². The zero-order valence-corrected chi connectivity index (χ0v) is 11.2. The molecular weight excluding hydrogens is 275 g/mol. The molecule has 5 nitrogen and oxygen atoms in total. The highest BCUT2D eigenvalue weighted by molar-refractivity contribution is 5.62. The van der Waals surface area contributed by atoms with Gasteiger partial charge in [0, 0.05) is 19.2 Å². The van der Waals surface area contributed by atoms with Crippen LogP contribution >= 0.6 is 0 Å².